The van der Waals surface area contributed by atoms with Crippen LogP contribution in [0.5, 0.6) is 5.75 Å². The second kappa shape index (κ2) is 10.1. The van der Waals surface area contributed by atoms with Crippen molar-refractivity contribution < 1.29 is 35.9 Å². The number of alkyl halides is 6. The molecular formula is C21H20ClF6N3O2. The van der Waals surface area contributed by atoms with Gasteiger partial charge in [0.15, 0.2) is 0 Å². The quantitative estimate of drug-likeness (QED) is 0.443. The molecule has 3 rings (SSSR count). The standard InChI is InChI=1S/C21H20ClF6N3O2/c22-17-11-15(21(26,27)28)12-30-18(17)31-8-5-13(6-9-31)19(32)29-7-10-33-16-3-1-14(2-4-16)20(23,24)25/h1-4,11-13H,5-10H2,(H,29,32). The molecule has 0 bridgehead atoms. The predicted molar refractivity (Wildman–Crippen MR) is 109 cm³/mol. The van der Waals surface area contributed by atoms with Crippen molar-refractivity contribution in [1.82, 2.24) is 10.3 Å². The van der Waals surface area contributed by atoms with Crippen LogP contribution in [0.25, 0.3) is 0 Å². The van der Waals surface area contributed by atoms with Gasteiger partial charge in [-0.2, -0.15) is 26.3 Å². The highest BCUT2D eigenvalue weighted by atomic mass is 35.5. The maximum atomic E-state index is 12.8. The van der Waals surface area contributed by atoms with Crippen LogP contribution in [0.4, 0.5) is 32.2 Å². The molecule has 180 valence electrons. The van der Waals surface area contributed by atoms with Crippen molar-refractivity contribution in [2.75, 3.05) is 31.1 Å². The Morgan fingerprint density at radius 2 is 1.67 bits per heavy atom. The highest BCUT2D eigenvalue weighted by Crippen LogP contribution is 2.34. The number of anilines is 1. The average molecular weight is 496 g/mol. The predicted octanol–water partition coefficient (Wildman–Crippen LogP) is 5.18. The number of nitrogens with one attached hydrogen (secondary N) is 1. The Balaban J connectivity index is 1.42. The Morgan fingerprint density at radius 1 is 1.06 bits per heavy atom. The molecule has 33 heavy (non-hydrogen) atoms. The van der Waals surface area contributed by atoms with Gasteiger partial charge in [-0.1, -0.05) is 11.6 Å². The number of benzene rings is 1. The van der Waals surface area contributed by atoms with Crippen molar-refractivity contribution in [2.45, 2.75) is 25.2 Å². The van der Waals surface area contributed by atoms with E-state index < -0.39 is 23.5 Å². The second-order valence-electron chi connectivity index (χ2n) is 7.45. The zero-order chi connectivity index (χ0) is 24.2. The molecule has 2 heterocycles. The number of piperidine rings is 1. The number of rotatable bonds is 6. The summed E-state index contributed by atoms with van der Waals surface area (Å²) in [5.74, 6) is 0.0117. The molecule has 12 heteroatoms. The molecule has 1 fully saturated rings. The first kappa shape index (κ1) is 24.9. The number of hydrogen-bond acceptors (Lipinski definition) is 4. The molecular weight excluding hydrogens is 476 g/mol. The Morgan fingerprint density at radius 3 is 2.21 bits per heavy atom. The zero-order valence-electron chi connectivity index (χ0n) is 17.1. The summed E-state index contributed by atoms with van der Waals surface area (Å²) >= 11 is 5.98. The highest BCUT2D eigenvalue weighted by molar-refractivity contribution is 6.33. The normalized spacial score (nSPS) is 15.4. The van der Waals surface area contributed by atoms with E-state index in [0.717, 1.165) is 24.4 Å². The van der Waals surface area contributed by atoms with Crippen molar-refractivity contribution >= 4 is 23.3 Å². The number of aromatic nitrogens is 1. The van der Waals surface area contributed by atoms with Gasteiger partial charge in [0.05, 0.1) is 22.7 Å². The molecule has 1 N–H and O–H groups in total. The van der Waals surface area contributed by atoms with E-state index in [9.17, 15) is 31.1 Å². The fourth-order valence-corrected chi connectivity index (χ4v) is 3.69. The van der Waals surface area contributed by atoms with Crippen LogP contribution < -0.4 is 15.0 Å². The van der Waals surface area contributed by atoms with E-state index in [4.69, 9.17) is 16.3 Å². The Hall–Kier alpha value is -2.69. The van der Waals surface area contributed by atoms with Crippen molar-refractivity contribution in [3.8, 4) is 5.75 Å². The molecule has 1 aliphatic rings. The number of amides is 1. The second-order valence-corrected chi connectivity index (χ2v) is 7.86. The van der Waals surface area contributed by atoms with Crippen molar-refractivity contribution in [3.63, 3.8) is 0 Å². The number of carbonyl (C=O) groups is 1. The lowest BCUT2D eigenvalue weighted by Crippen LogP contribution is -2.41. The first-order valence-electron chi connectivity index (χ1n) is 10.0. The zero-order valence-corrected chi connectivity index (χ0v) is 17.9. The molecule has 0 unspecified atom stereocenters. The minimum absolute atomic E-state index is 0.0844. The van der Waals surface area contributed by atoms with E-state index in [-0.39, 0.29) is 41.6 Å². The van der Waals surface area contributed by atoms with Crippen LogP contribution in [0.3, 0.4) is 0 Å². The maximum Gasteiger partial charge on any atom is 0.417 e. The lowest BCUT2D eigenvalue weighted by Gasteiger charge is -2.32. The lowest BCUT2D eigenvalue weighted by atomic mass is 9.96. The molecule has 1 aromatic carbocycles. The summed E-state index contributed by atoms with van der Waals surface area (Å²) < 4.78 is 81.3. The van der Waals surface area contributed by atoms with Gasteiger partial charge in [0.1, 0.15) is 18.2 Å². The van der Waals surface area contributed by atoms with Gasteiger partial charge in [0.25, 0.3) is 0 Å². The van der Waals surface area contributed by atoms with E-state index in [1.807, 2.05) is 0 Å². The minimum atomic E-state index is -4.53. The Bertz CT molecular complexity index is 958. The number of hydrogen-bond donors (Lipinski definition) is 1. The Kier molecular flexibility index (Phi) is 7.61. The third-order valence-corrected chi connectivity index (χ3v) is 5.44. The third kappa shape index (κ3) is 6.66. The van der Waals surface area contributed by atoms with Crippen molar-refractivity contribution in [2.24, 2.45) is 5.92 Å². The van der Waals surface area contributed by atoms with Gasteiger partial charge in [-0.25, -0.2) is 4.98 Å². The van der Waals surface area contributed by atoms with E-state index in [0.29, 0.717) is 25.9 Å². The lowest BCUT2D eigenvalue weighted by molar-refractivity contribution is -0.138. The van der Waals surface area contributed by atoms with Crippen LogP contribution in [-0.2, 0) is 17.1 Å². The highest BCUT2D eigenvalue weighted by Gasteiger charge is 2.33. The number of carbonyl (C=O) groups excluding carboxylic acids is 1. The fraction of sp³-hybridized carbons (Fsp3) is 0.429. The van der Waals surface area contributed by atoms with Gasteiger partial charge in [-0.05, 0) is 43.2 Å². The molecule has 1 aromatic heterocycles. The molecule has 0 saturated carbocycles. The summed E-state index contributed by atoms with van der Waals surface area (Å²) in [4.78, 5) is 17.9. The summed E-state index contributed by atoms with van der Waals surface area (Å²) in [6.07, 6.45) is -7.29. The minimum Gasteiger partial charge on any atom is -0.492 e. The van der Waals surface area contributed by atoms with Gasteiger partial charge >= 0.3 is 12.4 Å². The van der Waals surface area contributed by atoms with Gasteiger partial charge in [-0.3, -0.25) is 4.79 Å². The molecule has 0 aliphatic carbocycles. The molecule has 0 radical (unpaired) electrons. The summed E-state index contributed by atoms with van der Waals surface area (Å²) in [6.45, 7) is 1.06. The number of nitrogens with zero attached hydrogens (tertiary/aromatic N) is 2. The van der Waals surface area contributed by atoms with Crippen molar-refractivity contribution in [3.05, 3.63) is 52.7 Å². The van der Waals surface area contributed by atoms with Gasteiger partial charge in [0, 0.05) is 25.2 Å². The molecule has 1 aliphatic heterocycles. The largest absolute Gasteiger partial charge is 0.492 e. The summed E-state index contributed by atoms with van der Waals surface area (Å²) in [5.41, 5.74) is -1.70. The monoisotopic (exact) mass is 495 g/mol. The fourth-order valence-electron chi connectivity index (χ4n) is 3.40. The van der Waals surface area contributed by atoms with Crippen LogP contribution in [0.15, 0.2) is 36.5 Å². The molecule has 5 nitrogen and oxygen atoms in total. The van der Waals surface area contributed by atoms with E-state index >= 15 is 0 Å². The summed E-state index contributed by atoms with van der Waals surface area (Å²) in [7, 11) is 0. The average Bonchev–Trinajstić information content (AvgIpc) is 2.76. The summed E-state index contributed by atoms with van der Waals surface area (Å²) in [5, 5.41) is 2.62. The van der Waals surface area contributed by atoms with Crippen LogP contribution in [0.1, 0.15) is 24.0 Å². The SMILES string of the molecule is O=C(NCCOc1ccc(C(F)(F)F)cc1)C1CCN(c2ncc(C(F)(F)F)cc2Cl)CC1. The van der Waals surface area contributed by atoms with Crippen LogP contribution in [-0.4, -0.2) is 37.1 Å². The van der Waals surface area contributed by atoms with Gasteiger partial charge < -0.3 is 15.0 Å². The molecule has 0 atom stereocenters. The molecule has 1 amide bonds. The first-order valence-corrected chi connectivity index (χ1v) is 10.4. The maximum absolute atomic E-state index is 12.8. The van der Waals surface area contributed by atoms with Crippen LogP contribution in [0, 0.1) is 5.92 Å². The third-order valence-electron chi connectivity index (χ3n) is 5.17. The van der Waals surface area contributed by atoms with Gasteiger partial charge in [0.2, 0.25) is 5.91 Å². The van der Waals surface area contributed by atoms with E-state index in [2.05, 4.69) is 10.3 Å². The smallest absolute Gasteiger partial charge is 0.417 e. The number of ether oxygens (including phenoxy) is 1. The molecule has 0 spiro atoms. The van der Waals surface area contributed by atoms with Crippen LogP contribution in [0.2, 0.25) is 5.02 Å². The topological polar surface area (TPSA) is 54.5 Å². The first-order chi connectivity index (χ1) is 15.4. The van der Waals surface area contributed by atoms with E-state index in [1.54, 1.807) is 4.90 Å². The summed E-state index contributed by atoms with van der Waals surface area (Å²) in [6, 6.07) is 5.08. The molecule has 2 aromatic rings. The van der Waals surface area contributed by atoms with Gasteiger partial charge in [-0.15, -0.1) is 0 Å². The number of halogens is 7. The Labute approximate surface area is 190 Å². The van der Waals surface area contributed by atoms with Crippen LogP contribution >= 0.6 is 11.6 Å². The van der Waals surface area contributed by atoms with E-state index in [1.165, 1.54) is 12.1 Å². The number of pyridine rings is 1. The van der Waals surface area contributed by atoms with Crippen molar-refractivity contribution in [1.29, 1.82) is 0 Å². The molecule has 1 saturated heterocycles.